The summed E-state index contributed by atoms with van der Waals surface area (Å²) in [4.78, 5) is 27.6. The number of nitrogens with one attached hydrogen (secondary N) is 3. The maximum Gasteiger partial charge on any atom is 0.255 e. The molecule has 6 nitrogen and oxygen atoms in total. The molecular weight excluding hydrogens is 324 g/mol. The molecule has 0 atom stereocenters. The Morgan fingerprint density at radius 2 is 2.05 bits per heavy atom. The quantitative estimate of drug-likeness (QED) is 0.678. The van der Waals surface area contributed by atoms with E-state index >= 15 is 0 Å². The van der Waals surface area contributed by atoms with Crippen molar-refractivity contribution in [2.75, 3.05) is 25.5 Å². The third-order valence-electron chi connectivity index (χ3n) is 2.99. The summed E-state index contributed by atoms with van der Waals surface area (Å²) < 4.78 is 0.740. The number of carbonyl (C=O) groups is 2. The zero-order valence-electron chi connectivity index (χ0n) is 11.2. The fourth-order valence-corrected chi connectivity index (χ4v) is 2.09. The molecule has 1 heterocycles. The van der Waals surface area contributed by atoms with Gasteiger partial charge in [-0.05, 0) is 34.8 Å². The van der Waals surface area contributed by atoms with Gasteiger partial charge in [-0.15, -0.1) is 0 Å². The van der Waals surface area contributed by atoms with E-state index in [0.717, 1.165) is 17.3 Å². The Balaban J connectivity index is 1.81. The second kappa shape index (κ2) is 6.69. The third kappa shape index (κ3) is 3.93. The minimum atomic E-state index is -0.219. The Morgan fingerprint density at radius 1 is 1.35 bits per heavy atom. The number of carbonyl (C=O) groups excluding carboxylic acids is 2. The molecule has 0 radical (unpaired) electrons. The van der Waals surface area contributed by atoms with Crippen LogP contribution in [0.15, 0.2) is 16.7 Å². The van der Waals surface area contributed by atoms with Crippen molar-refractivity contribution in [1.82, 2.24) is 15.6 Å². The van der Waals surface area contributed by atoms with Crippen molar-refractivity contribution in [3.8, 4) is 0 Å². The van der Waals surface area contributed by atoms with Crippen LogP contribution in [0.1, 0.15) is 23.2 Å². The number of hydrogen-bond donors (Lipinski definition) is 3. The van der Waals surface area contributed by atoms with Gasteiger partial charge in [-0.1, -0.05) is 0 Å². The number of aromatic nitrogens is 1. The molecule has 0 aromatic carbocycles. The maximum atomic E-state index is 12.0. The second-order valence-electron chi connectivity index (χ2n) is 4.62. The van der Waals surface area contributed by atoms with Gasteiger partial charge in [0.1, 0.15) is 5.82 Å². The lowest BCUT2D eigenvalue weighted by Crippen LogP contribution is -2.35. The first-order valence-electron chi connectivity index (χ1n) is 6.51. The Morgan fingerprint density at radius 3 is 2.70 bits per heavy atom. The summed E-state index contributed by atoms with van der Waals surface area (Å²) in [5, 5.41) is 8.43. The molecule has 1 fully saturated rings. The highest BCUT2D eigenvalue weighted by atomic mass is 79.9. The van der Waals surface area contributed by atoms with Crippen LogP contribution in [0, 0.1) is 5.92 Å². The lowest BCUT2D eigenvalue weighted by molar-refractivity contribution is -0.122. The Bertz CT molecular complexity index is 517. The lowest BCUT2D eigenvalue weighted by atomic mass is 10.2. The SMILES string of the molecule is CNc1ncc(Br)cc1C(=O)NCCNC(=O)C1CC1. The topological polar surface area (TPSA) is 83.1 Å². The first-order valence-corrected chi connectivity index (χ1v) is 7.30. The van der Waals surface area contributed by atoms with Crippen LogP contribution in [-0.2, 0) is 4.79 Å². The van der Waals surface area contributed by atoms with Gasteiger partial charge in [0, 0.05) is 36.7 Å². The zero-order chi connectivity index (χ0) is 14.5. The fourth-order valence-electron chi connectivity index (χ4n) is 1.76. The molecule has 7 heteroatoms. The highest BCUT2D eigenvalue weighted by Crippen LogP contribution is 2.28. The second-order valence-corrected chi connectivity index (χ2v) is 5.54. The van der Waals surface area contributed by atoms with Gasteiger partial charge >= 0.3 is 0 Å². The van der Waals surface area contributed by atoms with E-state index in [1.54, 1.807) is 19.3 Å². The van der Waals surface area contributed by atoms with Crippen LogP contribution < -0.4 is 16.0 Å². The first-order chi connectivity index (χ1) is 9.61. The van der Waals surface area contributed by atoms with Gasteiger partial charge in [0.25, 0.3) is 5.91 Å². The van der Waals surface area contributed by atoms with Crippen LogP contribution in [0.3, 0.4) is 0 Å². The lowest BCUT2D eigenvalue weighted by Gasteiger charge is -2.10. The minimum absolute atomic E-state index is 0.0827. The van der Waals surface area contributed by atoms with Crippen molar-refractivity contribution in [3.63, 3.8) is 0 Å². The number of amides is 2. The van der Waals surface area contributed by atoms with E-state index in [4.69, 9.17) is 0 Å². The largest absolute Gasteiger partial charge is 0.372 e. The predicted octanol–water partition coefficient (Wildman–Crippen LogP) is 1.14. The van der Waals surface area contributed by atoms with Gasteiger partial charge in [-0.25, -0.2) is 4.98 Å². The molecule has 0 saturated heterocycles. The zero-order valence-corrected chi connectivity index (χ0v) is 12.8. The molecule has 0 unspecified atom stereocenters. The maximum absolute atomic E-state index is 12.0. The number of pyridine rings is 1. The summed E-state index contributed by atoms with van der Waals surface area (Å²) in [6.45, 7) is 0.838. The molecule has 108 valence electrons. The highest BCUT2D eigenvalue weighted by molar-refractivity contribution is 9.10. The number of hydrogen-bond acceptors (Lipinski definition) is 4. The Hall–Kier alpha value is -1.63. The molecule has 3 N–H and O–H groups in total. The molecule has 2 amide bonds. The van der Waals surface area contributed by atoms with E-state index in [1.807, 2.05) is 0 Å². The smallest absolute Gasteiger partial charge is 0.255 e. The molecular formula is C13H17BrN4O2. The Labute approximate surface area is 125 Å². The number of rotatable bonds is 6. The molecule has 0 aliphatic heterocycles. The van der Waals surface area contributed by atoms with Gasteiger partial charge in [-0.3, -0.25) is 9.59 Å². The van der Waals surface area contributed by atoms with E-state index in [1.165, 1.54) is 0 Å². The Kier molecular flexibility index (Phi) is 4.94. The average molecular weight is 341 g/mol. The highest BCUT2D eigenvalue weighted by Gasteiger charge is 2.29. The van der Waals surface area contributed by atoms with Crippen LogP contribution in [0.4, 0.5) is 5.82 Å². The molecule has 1 aliphatic rings. The van der Waals surface area contributed by atoms with Crippen LogP contribution >= 0.6 is 15.9 Å². The molecule has 1 aromatic heterocycles. The summed E-state index contributed by atoms with van der Waals surface area (Å²) in [5.74, 6) is 0.576. The predicted molar refractivity (Wildman–Crippen MR) is 79.6 cm³/mol. The molecule has 2 rings (SSSR count). The van der Waals surface area contributed by atoms with E-state index < -0.39 is 0 Å². The van der Waals surface area contributed by atoms with Crippen molar-refractivity contribution >= 4 is 33.6 Å². The fraction of sp³-hybridized carbons (Fsp3) is 0.462. The van der Waals surface area contributed by atoms with Crippen molar-refractivity contribution in [3.05, 3.63) is 22.3 Å². The van der Waals surface area contributed by atoms with Crippen molar-refractivity contribution in [2.45, 2.75) is 12.8 Å². The summed E-state index contributed by atoms with van der Waals surface area (Å²) in [7, 11) is 1.71. The van der Waals surface area contributed by atoms with Crippen molar-refractivity contribution < 1.29 is 9.59 Å². The van der Waals surface area contributed by atoms with Crippen molar-refractivity contribution in [1.29, 1.82) is 0 Å². The summed E-state index contributed by atoms with van der Waals surface area (Å²) >= 11 is 3.29. The van der Waals surface area contributed by atoms with E-state index in [2.05, 4.69) is 36.9 Å². The monoisotopic (exact) mass is 340 g/mol. The molecule has 1 aromatic rings. The number of anilines is 1. The molecule has 1 aliphatic carbocycles. The molecule has 0 bridgehead atoms. The number of halogens is 1. The van der Waals surface area contributed by atoms with E-state index in [9.17, 15) is 9.59 Å². The van der Waals surface area contributed by atoms with Gasteiger partial charge < -0.3 is 16.0 Å². The van der Waals surface area contributed by atoms with Crippen LogP contribution in [-0.4, -0.2) is 36.9 Å². The van der Waals surface area contributed by atoms with Crippen LogP contribution in [0.5, 0.6) is 0 Å². The van der Waals surface area contributed by atoms with Gasteiger partial charge in [0.2, 0.25) is 5.91 Å². The standard InChI is InChI=1S/C13H17BrN4O2/c1-15-11-10(6-9(14)7-18-11)13(20)17-5-4-16-12(19)8-2-3-8/h6-8H,2-5H2,1H3,(H,15,18)(H,16,19)(H,17,20). The van der Waals surface area contributed by atoms with Gasteiger partial charge in [0.15, 0.2) is 0 Å². The summed E-state index contributed by atoms with van der Waals surface area (Å²) in [6, 6.07) is 1.71. The number of nitrogens with zero attached hydrogens (tertiary/aromatic N) is 1. The third-order valence-corrected chi connectivity index (χ3v) is 3.43. The van der Waals surface area contributed by atoms with E-state index in [0.29, 0.717) is 24.5 Å². The van der Waals surface area contributed by atoms with Crippen molar-refractivity contribution in [2.24, 2.45) is 5.92 Å². The summed E-state index contributed by atoms with van der Waals surface area (Å²) in [6.07, 6.45) is 3.58. The summed E-state index contributed by atoms with van der Waals surface area (Å²) in [5.41, 5.74) is 0.468. The van der Waals surface area contributed by atoms with Crippen LogP contribution in [0.25, 0.3) is 0 Å². The van der Waals surface area contributed by atoms with E-state index in [-0.39, 0.29) is 17.7 Å². The normalized spacial score (nSPS) is 13.7. The molecule has 20 heavy (non-hydrogen) atoms. The average Bonchev–Trinajstić information content (AvgIpc) is 3.27. The van der Waals surface area contributed by atoms with Gasteiger partial charge in [0.05, 0.1) is 5.56 Å². The first kappa shape index (κ1) is 14.8. The molecule has 1 saturated carbocycles. The molecule has 0 spiro atoms. The van der Waals surface area contributed by atoms with Crippen LogP contribution in [0.2, 0.25) is 0 Å². The van der Waals surface area contributed by atoms with Gasteiger partial charge in [-0.2, -0.15) is 0 Å². The minimum Gasteiger partial charge on any atom is -0.372 e.